The standard InChI is InChI=1S/C23H48NO6P/c1-4-5-6-7-8-9-10-11-12-13-14-15-16-17-23-27-20-22(30-23)21-29-31(25,26)28-19-18-24(2)3/h22-23H,4-21H2,1-3H3,(H,25,26). The molecular formula is C23H48NO6P. The molecule has 0 radical (unpaired) electrons. The molecule has 31 heavy (non-hydrogen) atoms. The Morgan fingerprint density at radius 1 is 0.903 bits per heavy atom. The minimum atomic E-state index is -4.03. The molecule has 1 aliphatic heterocycles. The quantitative estimate of drug-likeness (QED) is 0.167. The van der Waals surface area contributed by atoms with Crippen LogP contribution in [0.3, 0.4) is 0 Å². The highest BCUT2D eigenvalue weighted by Crippen LogP contribution is 2.43. The van der Waals surface area contributed by atoms with E-state index in [0.29, 0.717) is 13.2 Å². The number of hydrogen-bond donors (Lipinski definition) is 1. The number of rotatable bonds is 21. The molecule has 8 heteroatoms. The first kappa shape index (κ1) is 29.0. The predicted molar refractivity (Wildman–Crippen MR) is 125 cm³/mol. The first-order valence-electron chi connectivity index (χ1n) is 12.5. The second-order valence-electron chi connectivity index (χ2n) is 8.95. The first-order valence-corrected chi connectivity index (χ1v) is 14.0. The van der Waals surface area contributed by atoms with Crippen LogP contribution in [0.1, 0.15) is 96.8 Å². The van der Waals surface area contributed by atoms with Gasteiger partial charge in [-0.1, -0.05) is 84.0 Å². The number of phosphoric acid groups is 1. The minimum Gasteiger partial charge on any atom is -0.350 e. The predicted octanol–water partition coefficient (Wildman–Crippen LogP) is 5.90. The van der Waals surface area contributed by atoms with Crippen LogP contribution in [0.15, 0.2) is 0 Å². The van der Waals surface area contributed by atoms with Gasteiger partial charge >= 0.3 is 7.82 Å². The van der Waals surface area contributed by atoms with Crippen molar-refractivity contribution in [1.29, 1.82) is 0 Å². The van der Waals surface area contributed by atoms with Crippen LogP contribution in [0.4, 0.5) is 0 Å². The third-order valence-corrected chi connectivity index (χ3v) is 6.56. The second-order valence-corrected chi connectivity index (χ2v) is 10.4. The average molecular weight is 466 g/mol. The Morgan fingerprint density at radius 3 is 2.00 bits per heavy atom. The number of ether oxygens (including phenoxy) is 2. The maximum absolute atomic E-state index is 11.8. The summed E-state index contributed by atoms with van der Waals surface area (Å²) in [6.07, 6.45) is 17.7. The number of hydrogen-bond acceptors (Lipinski definition) is 6. The molecule has 0 aliphatic carbocycles. The topological polar surface area (TPSA) is 77.5 Å². The summed E-state index contributed by atoms with van der Waals surface area (Å²) in [7, 11) is -0.297. The molecule has 1 saturated heterocycles. The molecule has 1 rings (SSSR count). The maximum Gasteiger partial charge on any atom is 0.472 e. The summed E-state index contributed by atoms with van der Waals surface area (Å²) >= 11 is 0. The lowest BCUT2D eigenvalue weighted by Gasteiger charge is -2.16. The van der Waals surface area contributed by atoms with Crippen LogP contribution in [0, 0.1) is 0 Å². The number of nitrogens with zero attached hydrogens (tertiary/aromatic N) is 1. The average Bonchev–Trinajstić information content (AvgIpc) is 3.17. The fraction of sp³-hybridized carbons (Fsp3) is 1.00. The summed E-state index contributed by atoms with van der Waals surface area (Å²) in [5.41, 5.74) is 0. The lowest BCUT2D eigenvalue weighted by Crippen LogP contribution is -2.20. The Hall–Kier alpha value is -0.0100. The molecule has 0 saturated carbocycles. The zero-order valence-electron chi connectivity index (χ0n) is 20.3. The molecule has 0 amide bonds. The molecule has 186 valence electrons. The van der Waals surface area contributed by atoms with E-state index in [9.17, 15) is 9.46 Å². The molecule has 7 nitrogen and oxygen atoms in total. The van der Waals surface area contributed by atoms with Gasteiger partial charge in [0.1, 0.15) is 6.10 Å². The van der Waals surface area contributed by atoms with Gasteiger partial charge in [-0.25, -0.2) is 4.57 Å². The highest BCUT2D eigenvalue weighted by Gasteiger charge is 2.29. The van der Waals surface area contributed by atoms with Crippen molar-refractivity contribution >= 4 is 7.82 Å². The molecule has 0 aromatic carbocycles. The molecule has 0 aromatic rings. The van der Waals surface area contributed by atoms with E-state index in [1.54, 1.807) is 0 Å². The highest BCUT2D eigenvalue weighted by atomic mass is 31.2. The van der Waals surface area contributed by atoms with Gasteiger partial charge in [-0.15, -0.1) is 0 Å². The van der Waals surface area contributed by atoms with Crippen LogP contribution in [0.2, 0.25) is 0 Å². The lowest BCUT2D eigenvalue weighted by molar-refractivity contribution is -0.0702. The van der Waals surface area contributed by atoms with Crippen molar-refractivity contribution in [2.24, 2.45) is 0 Å². The molecule has 0 spiro atoms. The van der Waals surface area contributed by atoms with E-state index < -0.39 is 7.82 Å². The van der Waals surface area contributed by atoms with Crippen molar-refractivity contribution < 1.29 is 28.0 Å². The zero-order valence-corrected chi connectivity index (χ0v) is 21.2. The monoisotopic (exact) mass is 465 g/mol. The number of likely N-dealkylation sites (N-methyl/N-ethyl adjacent to an activating group) is 1. The van der Waals surface area contributed by atoms with Gasteiger partial charge in [0, 0.05) is 6.54 Å². The molecule has 1 aliphatic rings. The van der Waals surface area contributed by atoms with Crippen LogP contribution in [0.25, 0.3) is 0 Å². The molecule has 3 atom stereocenters. The van der Waals surface area contributed by atoms with Gasteiger partial charge in [-0.3, -0.25) is 9.05 Å². The van der Waals surface area contributed by atoms with Crippen molar-refractivity contribution in [3.05, 3.63) is 0 Å². The van der Waals surface area contributed by atoms with Gasteiger partial charge in [0.05, 0.1) is 19.8 Å². The van der Waals surface area contributed by atoms with Crippen molar-refractivity contribution in [3.8, 4) is 0 Å². The SMILES string of the molecule is CCCCCCCCCCCCCCCC1OCC(COP(=O)(O)OCCN(C)C)O1. The summed E-state index contributed by atoms with van der Waals surface area (Å²) in [5, 5.41) is 0. The van der Waals surface area contributed by atoms with Crippen LogP contribution < -0.4 is 0 Å². The van der Waals surface area contributed by atoms with Crippen molar-refractivity contribution in [3.63, 3.8) is 0 Å². The third-order valence-electron chi connectivity index (χ3n) is 5.57. The Labute approximate surface area is 190 Å². The van der Waals surface area contributed by atoms with Gasteiger partial charge in [0.25, 0.3) is 0 Å². The van der Waals surface area contributed by atoms with Gasteiger partial charge in [-0.2, -0.15) is 0 Å². The molecular weight excluding hydrogens is 417 g/mol. The van der Waals surface area contributed by atoms with Crippen LogP contribution in [0.5, 0.6) is 0 Å². The van der Waals surface area contributed by atoms with Gasteiger partial charge in [-0.05, 0) is 26.9 Å². The first-order chi connectivity index (χ1) is 14.9. The summed E-state index contributed by atoms with van der Waals surface area (Å²) in [4.78, 5) is 11.6. The smallest absolute Gasteiger partial charge is 0.350 e. The molecule has 3 unspecified atom stereocenters. The fourth-order valence-corrected chi connectivity index (χ4v) is 4.37. The Balaban J connectivity index is 1.91. The molecule has 0 bridgehead atoms. The van der Waals surface area contributed by atoms with Crippen LogP contribution >= 0.6 is 7.82 Å². The van der Waals surface area contributed by atoms with Gasteiger partial charge in [0.15, 0.2) is 6.29 Å². The van der Waals surface area contributed by atoms with E-state index in [2.05, 4.69) is 6.92 Å². The summed E-state index contributed by atoms with van der Waals surface area (Å²) in [6, 6.07) is 0. The molecule has 0 aromatic heterocycles. The summed E-state index contributed by atoms with van der Waals surface area (Å²) in [5.74, 6) is 0. The molecule has 1 heterocycles. The normalized spacial score (nSPS) is 21.1. The van der Waals surface area contributed by atoms with Gasteiger partial charge in [0.2, 0.25) is 0 Å². The van der Waals surface area contributed by atoms with E-state index in [1.165, 1.54) is 77.0 Å². The van der Waals surface area contributed by atoms with E-state index in [-0.39, 0.29) is 25.6 Å². The Kier molecular flexibility index (Phi) is 17.2. The van der Waals surface area contributed by atoms with E-state index in [4.69, 9.17) is 18.5 Å². The van der Waals surface area contributed by atoms with Crippen LogP contribution in [-0.4, -0.2) is 62.6 Å². The number of phosphoric ester groups is 1. The minimum absolute atomic E-state index is 0.00481. The third kappa shape index (κ3) is 17.2. The van der Waals surface area contributed by atoms with E-state index >= 15 is 0 Å². The second kappa shape index (κ2) is 18.4. The Bertz CT molecular complexity index is 465. The van der Waals surface area contributed by atoms with E-state index in [1.807, 2.05) is 19.0 Å². The fourth-order valence-electron chi connectivity index (χ4n) is 3.63. The summed E-state index contributed by atoms with van der Waals surface area (Å²) in [6.45, 7) is 3.36. The maximum atomic E-state index is 11.8. The summed E-state index contributed by atoms with van der Waals surface area (Å²) < 4.78 is 33.2. The Morgan fingerprint density at radius 2 is 1.45 bits per heavy atom. The van der Waals surface area contributed by atoms with Crippen LogP contribution in [-0.2, 0) is 23.1 Å². The van der Waals surface area contributed by atoms with Crippen molar-refractivity contribution in [2.45, 2.75) is 109 Å². The molecule has 1 N–H and O–H groups in total. The highest BCUT2D eigenvalue weighted by molar-refractivity contribution is 7.47. The largest absolute Gasteiger partial charge is 0.472 e. The molecule has 1 fully saturated rings. The van der Waals surface area contributed by atoms with Crippen molar-refractivity contribution in [1.82, 2.24) is 4.90 Å². The van der Waals surface area contributed by atoms with E-state index in [0.717, 1.165) is 12.8 Å². The van der Waals surface area contributed by atoms with Gasteiger partial charge < -0.3 is 19.3 Å². The lowest BCUT2D eigenvalue weighted by atomic mass is 10.0. The number of unbranched alkanes of at least 4 members (excludes halogenated alkanes) is 12. The zero-order chi connectivity index (χ0) is 22.8. The van der Waals surface area contributed by atoms with Crippen molar-refractivity contribution in [2.75, 3.05) is 40.5 Å².